The van der Waals surface area contributed by atoms with Gasteiger partial charge in [-0.15, -0.1) is 0 Å². The molecule has 0 aliphatic heterocycles. The molecule has 0 aromatic heterocycles. The molecule has 1 unspecified atom stereocenters. The Kier molecular flexibility index (Phi) is 8.97. The van der Waals surface area contributed by atoms with Crippen molar-refractivity contribution in [3.05, 3.63) is 0 Å². The molecule has 1 atom stereocenters. The Hall–Kier alpha value is -0.650. The molecule has 0 saturated carbocycles. The second-order valence-electron chi connectivity index (χ2n) is 4.67. The highest BCUT2D eigenvalue weighted by Gasteiger charge is 2.23. The molecular formula is C13H28N2O3. The van der Waals surface area contributed by atoms with Crippen molar-refractivity contribution in [1.29, 1.82) is 0 Å². The summed E-state index contributed by atoms with van der Waals surface area (Å²) in [5.74, 6) is -0.0411. The summed E-state index contributed by atoms with van der Waals surface area (Å²) in [6, 6.07) is -0.294. The minimum atomic E-state index is -0.718. The normalized spacial score (nSPS) is 13.4. The molecule has 0 bridgehead atoms. The molecule has 0 rings (SSSR count). The molecule has 5 nitrogen and oxygen atoms in total. The van der Waals surface area contributed by atoms with Crippen LogP contribution in [-0.2, 0) is 9.53 Å². The minimum absolute atomic E-state index is 0.0411. The number of amides is 1. The lowest BCUT2D eigenvalue weighted by molar-refractivity contribution is -0.123. The van der Waals surface area contributed by atoms with Gasteiger partial charge in [-0.3, -0.25) is 4.79 Å². The van der Waals surface area contributed by atoms with Crippen LogP contribution in [0, 0.1) is 0 Å². The minimum Gasteiger partial charge on any atom is -0.389 e. The Morgan fingerprint density at radius 2 is 2.00 bits per heavy atom. The molecule has 0 aromatic rings. The molecule has 0 heterocycles. The summed E-state index contributed by atoms with van der Waals surface area (Å²) in [6.45, 7) is 7.39. The molecule has 0 spiro atoms. The van der Waals surface area contributed by atoms with Crippen molar-refractivity contribution in [3.63, 3.8) is 0 Å². The maximum Gasteiger partial charge on any atom is 0.236 e. The smallest absolute Gasteiger partial charge is 0.236 e. The number of carbonyl (C=O) groups excluding carboxylic acids is 1. The number of rotatable bonds is 10. The maximum atomic E-state index is 11.7. The number of hydrogen-bond donors (Lipinski definition) is 3. The van der Waals surface area contributed by atoms with Gasteiger partial charge >= 0.3 is 0 Å². The van der Waals surface area contributed by atoms with Crippen molar-refractivity contribution in [1.82, 2.24) is 10.6 Å². The van der Waals surface area contributed by atoms with Crippen LogP contribution in [0.5, 0.6) is 0 Å². The number of ether oxygens (including phenoxy) is 1. The van der Waals surface area contributed by atoms with E-state index >= 15 is 0 Å². The van der Waals surface area contributed by atoms with E-state index < -0.39 is 5.60 Å². The molecule has 0 aliphatic carbocycles. The monoisotopic (exact) mass is 260 g/mol. The average Bonchev–Trinajstić information content (AvgIpc) is 2.40. The van der Waals surface area contributed by atoms with Crippen molar-refractivity contribution in [2.45, 2.75) is 51.7 Å². The Labute approximate surface area is 110 Å². The molecule has 3 N–H and O–H groups in total. The molecule has 5 heteroatoms. The summed E-state index contributed by atoms with van der Waals surface area (Å²) in [5, 5.41) is 16.0. The van der Waals surface area contributed by atoms with E-state index in [1.807, 2.05) is 13.8 Å². The van der Waals surface area contributed by atoms with Gasteiger partial charge in [-0.05, 0) is 26.2 Å². The Bertz CT molecular complexity index is 230. The van der Waals surface area contributed by atoms with Crippen LogP contribution < -0.4 is 10.6 Å². The van der Waals surface area contributed by atoms with Gasteiger partial charge in [0.05, 0.1) is 11.6 Å². The Balaban J connectivity index is 3.86. The summed E-state index contributed by atoms with van der Waals surface area (Å²) in [7, 11) is 1.64. The van der Waals surface area contributed by atoms with Gasteiger partial charge in [-0.2, -0.15) is 0 Å². The van der Waals surface area contributed by atoms with Crippen molar-refractivity contribution in [2.24, 2.45) is 0 Å². The first-order chi connectivity index (χ1) is 8.49. The SMILES string of the molecule is CCC(O)(CC)CNC(C)C(=O)NCCCOC. The van der Waals surface area contributed by atoms with Crippen molar-refractivity contribution in [3.8, 4) is 0 Å². The number of methoxy groups -OCH3 is 1. The lowest BCUT2D eigenvalue weighted by Crippen LogP contribution is -2.48. The predicted molar refractivity (Wildman–Crippen MR) is 72.5 cm³/mol. The predicted octanol–water partition coefficient (Wildman–Crippen LogP) is 0.668. The highest BCUT2D eigenvalue weighted by atomic mass is 16.5. The molecule has 0 aromatic carbocycles. The quantitative estimate of drug-likeness (QED) is 0.505. The van der Waals surface area contributed by atoms with Crippen LogP contribution in [0.1, 0.15) is 40.0 Å². The standard InChI is InChI=1S/C13H28N2O3/c1-5-13(17,6-2)10-15-11(3)12(16)14-8-7-9-18-4/h11,15,17H,5-10H2,1-4H3,(H,14,16). The zero-order valence-corrected chi connectivity index (χ0v) is 12.1. The third-order valence-electron chi connectivity index (χ3n) is 3.27. The molecular weight excluding hydrogens is 232 g/mol. The number of carbonyl (C=O) groups is 1. The third-order valence-corrected chi connectivity index (χ3v) is 3.27. The van der Waals surface area contributed by atoms with Gasteiger partial charge in [0.1, 0.15) is 0 Å². The van der Waals surface area contributed by atoms with E-state index in [0.717, 1.165) is 6.42 Å². The van der Waals surface area contributed by atoms with Gasteiger partial charge in [0.2, 0.25) is 5.91 Å². The average molecular weight is 260 g/mol. The molecule has 0 aliphatic rings. The van der Waals surface area contributed by atoms with Gasteiger partial charge in [-0.25, -0.2) is 0 Å². The van der Waals surface area contributed by atoms with Gasteiger partial charge in [0.25, 0.3) is 0 Å². The Morgan fingerprint density at radius 1 is 1.39 bits per heavy atom. The lowest BCUT2D eigenvalue weighted by atomic mass is 9.97. The van der Waals surface area contributed by atoms with Crippen LogP contribution in [0.4, 0.5) is 0 Å². The molecule has 18 heavy (non-hydrogen) atoms. The van der Waals surface area contributed by atoms with Crippen molar-refractivity contribution in [2.75, 3.05) is 26.8 Å². The van der Waals surface area contributed by atoms with E-state index in [2.05, 4.69) is 10.6 Å². The highest BCUT2D eigenvalue weighted by Crippen LogP contribution is 2.12. The zero-order valence-electron chi connectivity index (χ0n) is 12.1. The third kappa shape index (κ3) is 6.93. The molecule has 1 amide bonds. The van der Waals surface area contributed by atoms with E-state index in [9.17, 15) is 9.90 Å². The lowest BCUT2D eigenvalue weighted by Gasteiger charge is -2.27. The summed E-state index contributed by atoms with van der Waals surface area (Å²) in [4.78, 5) is 11.7. The van der Waals surface area contributed by atoms with Crippen molar-refractivity contribution >= 4 is 5.91 Å². The Morgan fingerprint density at radius 3 is 2.50 bits per heavy atom. The van der Waals surface area contributed by atoms with Crippen LogP contribution in [0.15, 0.2) is 0 Å². The first-order valence-corrected chi connectivity index (χ1v) is 6.71. The van der Waals surface area contributed by atoms with Gasteiger partial charge in [0.15, 0.2) is 0 Å². The van der Waals surface area contributed by atoms with Crippen molar-refractivity contribution < 1.29 is 14.6 Å². The van der Waals surface area contributed by atoms with Crippen LogP contribution >= 0.6 is 0 Å². The van der Waals surface area contributed by atoms with Gasteiger partial charge < -0.3 is 20.5 Å². The zero-order chi connectivity index (χ0) is 14.0. The second kappa shape index (κ2) is 9.30. The van der Waals surface area contributed by atoms with E-state index in [1.54, 1.807) is 14.0 Å². The summed E-state index contributed by atoms with van der Waals surface area (Å²) in [5.41, 5.74) is -0.718. The van der Waals surface area contributed by atoms with Crippen LogP contribution in [0.3, 0.4) is 0 Å². The number of nitrogens with one attached hydrogen (secondary N) is 2. The fraction of sp³-hybridized carbons (Fsp3) is 0.923. The largest absolute Gasteiger partial charge is 0.389 e. The van der Waals surface area contributed by atoms with Crippen LogP contribution in [-0.4, -0.2) is 49.5 Å². The van der Waals surface area contributed by atoms with E-state index in [-0.39, 0.29) is 11.9 Å². The first kappa shape index (κ1) is 17.4. The van der Waals surface area contributed by atoms with E-state index in [4.69, 9.17) is 4.74 Å². The summed E-state index contributed by atoms with van der Waals surface area (Å²) < 4.78 is 4.91. The van der Waals surface area contributed by atoms with Gasteiger partial charge in [0, 0.05) is 26.8 Å². The van der Waals surface area contributed by atoms with Crippen LogP contribution in [0.25, 0.3) is 0 Å². The number of aliphatic hydroxyl groups is 1. The van der Waals surface area contributed by atoms with Crippen LogP contribution in [0.2, 0.25) is 0 Å². The van der Waals surface area contributed by atoms with E-state index in [1.165, 1.54) is 0 Å². The summed E-state index contributed by atoms with van der Waals surface area (Å²) in [6.07, 6.45) is 2.17. The van der Waals surface area contributed by atoms with E-state index in [0.29, 0.717) is 32.5 Å². The molecule has 0 fully saturated rings. The first-order valence-electron chi connectivity index (χ1n) is 6.71. The van der Waals surface area contributed by atoms with Gasteiger partial charge in [-0.1, -0.05) is 13.8 Å². The summed E-state index contributed by atoms with van der Waals surface area (Å²) >= 11 is 0. The highest BCUT2D eigenvalue weighted by molar-refractivity contribution is 5.81. The number of hydrogen-bond acceptors (Lipinski definition) is 4. The fourth-order valence-corrected chi connectivity index (χ4v) is 1.52. The molecule has 0 saturated heterocycles. The maximum absolute atomic E-state index is 11.7. The molecule has 108 valence electrons. The fourth-order valence-electron chi connectivity index (χ4n) is 1.52. The topological polar surface area (TPSA) is 70.6 Å². The molecule has 0 radical (unpaired) electrons. The second-order valence-corrected chi connectivity index (χ2v) is 4.67.